The number of anilines is 1. The highest BCUT2D eigenvalue weighted by Gasteiger charge is 2.24. The van der Waals surface area contributed by atoms with Crippen LogP contribution in [0.2, 0.25) is 6.82 Å². The highest BCUT2D eigenvalue weighted by Crippen LogP contribution is 2.21. The molecule has 0 aliphatic carbocycles. The maximum atomic E-state index is 12.5. The minimum absolute atomic E-state index is 0.0257. The van der Waals surface area contributed by atoms with Crippen LogP contribution in [0, 0.1) is 11.3 Å². The molecule has 2 aromatic carbocycles. The van der Waals surface area contributed by atoms with Crippen LogP contribution in [0.1, 0.15) is 11.1 Å². The second-order valence-corrected chi connectivity index (χ2v) is 6.73. The third-order valence-electron chi connectivity index (χ3n) is 3.62. The fourth-order valence-electron chi connectivity index (χ4n) is 2.48. The number of benzene rings is 2. The van der Waals surface area contributed by atoms with Crippen LogP contribution in [0.3, 0.4) is 0 Å². The Balaban J connectivity index is 1.96. The van der Waals surface area contributed by atoms with E-state index in [1.54, 1.807) is 24.3 Å². The zero-order valence-electron chi connectivity index (χ0n) is 11.9. The summed E-state index contributed by atoms with van der Waals surface area (Å²) in [6, 6.07) is 13.3. The summed E-state index contributed by atoms with van der Waals surface area (Å²) in [5.41, 5.74) is 2.62. The van der Waals surface area contributed by atoms with Gasteiger partial charge in [-0.05, 0) is 35.3 Å². The lowest BCUT2D eigenvalue weighted by Gasteiger charge is -2.10. The zero-order chi connectivity index (χ0) is 15.7. The Morgan fingerprint density at radius 2 is 2.05 bits per heavy atom. The number of rotatable bonds is 3. The van der Waals surface area contributed by atoms with Crippen molar-refractivity contribution in [1.29, 1.82) is 5.26 Å². The van der Waals surface area contributed by atoms with Crippen LogP contribution in [0.4, 0.5) is 5.69 Å². The molecule has 0 radical (unpaired) electrons. The summed E-state index contributed by atoms with van der Waals surface area (Å²) in [5.74, 6) is 0. The Bertz CT molecular complexity index is 875. The quantitative estimate of drug-likeness (QED) is 0.875. The minimum Gasteiger partial charge on any atom is -0.427 e. The average Bonchev–Trinajstić information content (AvgIpc) is 2.88. The molecule has 7 heteroatoms. The van der Waals surface area contributed by atoms with E-state index in [4.69, 9.17) is 9.92 Å². The van der Waals surface area contributed by atoms with Crippen LogP contribution < -0.4 is 10.2 Å². The van der Waals surface area contributed by atoms with Gasteiger partial charge in [0.15, 0.2) is 0 Å². The van der Waals surface area contributed by atoms with Crippen molar-refractivity contribution in [2.75, 3.05) is 4.72 Å². The molecule has 0 amide bonds. The Kier molecular flexibility index (Phi) is 3.65. The van der Waals surface area contributed by atoms with E-state index < -0.39 is 10.0 Å². The Morgan fingerprint density at radius 3 is 2.82 bits per heavy atom. The van der Waals surface area contributed by atoms with E-state index in [9.17, 15) is 8.42 Å². The van der Waals surface area contributed by atoms with E-state index in [-0.39, 0.29) is 17.4 Å². The molecule has 1 N–H and O–H groups in total. The topological polar surface area (TPSA) is 79.2 Å². The molecule has 1 aliphatic heterocycles. The van der Waals surface area contributed by atoms with E-state index in [2.05, 4.69) is 4.72 Å². The SMILES string of the molecule is CB1OCc2ccc(NS(=O)(=O)c3ccccc3C#N)cc21. The van der Waals surface area contributed by atoms with Crippen molar-refractivity contribution in [3.63, 3.8) is 0 Å². The standard InChI is InChI=1S/C15H13BN2O3S/c1-16-14-8-13(7-6-12(14)10-21-16)18-22(19,20)15-5-3-2-4-11(15)9-17/h2-8,18H,10H2,1H3. The van der Waals surface area contributed by atoms with Gasteiger partial charge in [0.25, 0.3) is 10.0 Å². The third kappa shape index (κ3) is 2.59. The summed E-state index contributed by atoms with van der Waals surface area (Å²) in [6.07, 6.45) is 0. The monoisotopic (exact) mass is 312 g/mol. The molecule has 0 bridgehead atoms. The van der Waals surface area contributed by atoms with E-state index in [0.717, 1.165) is 11.0 Å². The number of hydrogen-bond acceptors (Lipinski definition) is 4. The van der Waals surface area contributed by atoms with Crippen LogP contribution >= 0.6 is 0 Å². The lowest BCUT2D eigenvalue weighted by atomic mass is 9.64. The van der Waals surface area contributed by atoms with Crippen molar-refractivity contribution in [1.82, 2.24) is 0 Å². The maximum absolute atomic E-state index is 12.5. The van der Waals surface area contributed by atoms with E-state index >= 15 is 0 Å². The van der Waals surface area contributed by atoms with Crippen molar-refractivity contribution >= 4 is 28.1 Å². The molecule has 22 heavy (non-hydrogen) atoms. The van der Waals surface area contributed by atoms with Crippen molar-refractivity contribution in [2.24, 2.45) is 0 Å². The highest BCUT2D eigenvalue weighted by atomic mass is 32.2. The lowest BCUT2D eigenvalue weighted by Crippen LogP contribution is -2.25. The first-order valence-electron chi connectivity index (χ1n) is 6.77. The van der Waals surface area contributed by atoms with Gasteiger partial charge in [-0.25, -0.2) is 8.42 Å². The van der Waals surface area contributed by atoms with E-state index in [1.165, 1.54) is 12.1 Å². The summed E-state index contributed by atoms with van der Waals surface area (Å²) in [4.78, 5) is -0.0257. The van der Waals surface area contributed by atoms with Crippen molar-refractivity contribution in [3.05, 3.63) is 53.6 Å². The summed E-state index contributed by atoms with van der Waals surface area (Å²) < 4.78 is 33.0. The van der Waals surface area contributed by atoms with Gasteiger partial charge in [-0.3, -0.25) is 4.72 Å². The Hall–Kier alpha value is -2.30. The Morgan fingerprint density at radius 1 is 1.27 bits per heavy atom. The van der Waals surface area contributed by atoms with Gasteiger partial charge in [0, 0.05) is 5.69 Å². The molecule has 0 unspecified atom stereocenters. The number of nitrogens with zero attached hydrogens (tertiary/aromatic N) is 1. The zero-order valence-corrected chi connectivity index (χ0v) is 12.7. The number of nitrogens with one attached hydrogen (secondary N) is 1. The normalized spacial score (nSPS) is 13.5. The number of fused-ring (bicyclic) bond motifs is 1. The molecule has 0 fully saturated rings. The molecule has 0 saturated heterocycles. The fourth-order valence-corrected chi connectivity index (χ4v) is 3.68. The van der Waals surface area contributed by atoms with Gasteiger partial charge in [0.1, 0.15) is 11.0 Å². The largest absolute Gasteiger partial charge is 0.427 e. The van der Waals surface area contributed by atoms with Crippen LogP contribution in [0.5, 0.6) is 0 Å². The van der Waals surface area contributed by atoms with Gasteiger partial charge in [0.2, 0.25) is 0 Å². The second kappa shape index (κ2) is 5.48. The maximum Gasteiger partial charge on any atom is 0.324 e. The molecule has 2 aromatic rings. The van der Waals surface area contributed by atoms with Crippen LogP contribution in [-0.4, -0.2) is 15.3 Å². The van der Waals surface area contributed by atoms with Gasteiger partial charge >= 0.3 is 6.92 Å². The molecular formula is C15H13BN2O3S. The molecule has 110 valence electrons. The highest BCUT2D eigenvalue weighted by molar-refractivity contribution is 7.92. The fraction of sp³-hybridized carbons (Fsp3) is 0.133. The predicted molar refractivity (Wildman–Crippen MR) is 84.4 cm³/mol. The van der Waals surface area contributed by atoms with Crippen molar-refractivity contribution in [3.8, 4) is 6.07 Å². The molecule has 5 nitrogen and oxygen atoms in total. The molecule has 0 spiro atoms. The van der Waals surface area contributed by atoms with Crippen LogP contribution in [0.15, 0.2) is 47.4 Å². The third-order valence-corrected chi connectivity index (χ3v) is 5.06. The number of nitriles is 1. The van der Waals surface area contributed by atoms with Gasteiger partial charge in [-0.15, -0.1) is 0 Å². The smallest absolute Gasteiger partial charge is 0.324 e. The summed E-state index contributed by atoms with van der Waals surface area (Å²) in [5, 5.41) is 9.05. The molecule has 0 aromatic heterocycles. The molecule has 1 aliphatic rings. The molecular weight excluding hydrogens is 299 g/mol. The van der Waals surface area contributed by atoms with Crippen LogP contribution in [-0.2, 0) is 21.3 Å². The first-order chi connectivity index (χ1) is 10.5. The summed E-state index contributed by atoms with van der Waals surface area (Å²) in [7, 11) is -3.80. The summed E-state index contributed by atoms with van der Waals surface area (Å²) >= 11 is 0. The lowest BCUT2D eigenvalue weighted by molar-refractivity contribution is 0.333. The van der Waals surface area contributed by atoms with Crippen LogP contribution in [0.25, 0.3) is 0 Å². The summed E-state index contributed by atoms with van der Waals surface area (Å²) in [6.45, 7) is 2.42. The molecule has 3 rings (SSSR count). The average molecular weight is 312 g/mol. The van der Waals surface area contributed by atoms with E-state index in [0.29, 0.717) is 12.3 Å². The molecule has 1 heterocycles. The first-order valence-corrected chi connectivity index (χ1v) is 8.26. The molecule has 0 atom stereocenters. The number of hydrogen-bond donors (Lipinski definition) is 1. The minimum atomic E-state index is -3.80. The van der Waals surface area contributed by atoms with E-state index in [1.807, 2.05) is 19.0 Å². The second-order valence-electron chi connectivity index (χ2n) is 5.08. The first kappa shape index (κ1) is 14.6. The van der Waals surface area contributed by atoms with Crippen molar-refractivity contribution in [2.45, 2.75) is 18.3 Å². The van der Waals surface area contributed by atoms with Gasteiger partial charge < -0.3 is 4.65 Å². The van der Waals surface area contributed by atoms with Gasteiger partial charge in [0.05, 0.1) is 12.2 Å². The number of sulfonamides is 1. The van der Waals surface area contributed by atoms with Crippen molar-refractivity contribution < 1.29 is 13.1 Å². The van der Waals surface area contributed by atoms with Gasteiger partial charge in [-0.2, -0.15) is 5.26 Å². The predicted octanol–water partition coefficient (Wildman–Crippen LogP) is 1.72. The van der Waals surface area contributed by atoms with Gasteiger partial charge in [-0.1, -0.05) is 25.0 Å². The molecule has 0 saturated carbocycles. The Labute approximate surface area is 129 Å².